The third kappa shape index (κ3) is 27.2. The van der Waals surface area contributed by atoms with Crippen LogP contribution >= 0.6 is 27.0 Å². The average Bonchev–Trinajstić information content (AvgIpc) is 0. The van der Waals surface area contributed by atoms with E-state index in [-0.39, 0.29) is 105 Å². The first-order valence-corrected chi connectivity index (χ1v) is 0. The molecule has 0 bridgehead atoms. The first-order chi connectivity index (χ1) is 0. The molecule has 0 aliphatic carbocycles. The SMILES string of the molecule is S.S.[Cu].[SeH2].[SnH2].[Zn]. The van der Waals surface area contributed by atoms with Gasteiger partial charge in [-0.3, -0.25) is 0 Å². The van der Waals surface area contributed by atoms with Crippen molar-refractivity contribution < 1.29 is 36.5 Å². The third-order valence-corrected chi connectivity index (χ3v) is 0. The van der Waals surface area contributed by atoms with Gasteiger partial charge in [-0.1, -0.05) is 0 Å². The Labute approximate surface area is 103 Å². The van der Waals surface area contributed by atoms with E-state index in [2.05, 4.69) is 0 Å². The van der Waals surface area contributed by atoms with E-state index in [0.29, 0.717) is 0 Å². The van der Waals surface area contributed by atoms with Gasteiger partial charge in [0, 0.05) is 36.5 Å². The van der Waals surface area contributed by atoms with Gasteiger partial charge in [-0.05, 0) is 0 Å². The van der Waals surface area contributed by atoms with Crippen molar-refractivity contribution in [2.24, 2.45) is 0 Å². The Morgan fingerprint density at radius 2 is 0.833 bits per heavy atom. The summed E-state index contributed by atoms with van der Waals surface area (Å²) >= 11 is 0. The number of hydrogen-bond donors (Lipinski definition) is 0. The molecule has 43 valence electrons. The van der Waals surface area contributed by atoms with Crippen LogP contribution in [0.1, 0.15) is 0 Å². The molecule has 0 saturated carbocycles. The molecule has 0 spiro atoms. The third-order valence-electron chi connectivity index (χ3n) is 0. The smallest absolute Gasteiger partial charge is 0 e. The van der Waals surface area contributed by atoms with E-state index in [1.165, 1.54) is 0 Å². The topological polar surface area (TPSA) is 0 Å². The van der Waals surface area contributed by atoms with Crippen molar-refractivity contribution in [2.45, 2.75) is 0 Å². The summed E-state index contributed by atoms with van der Waals surface area (Å²) in [6, 6.07) is 0. The van der Waals surface area contributed by atoms with Gasteiger partial charge in [-0.25, -0.2) is 0 Å². The fourth-order valence-corrected chi connectivity index (χ4v) is 0. The molecule has 0 amide bonds. The van der Waals surface area contributed by atoms with Crippen molar-refractivity contribution in [3.05, 3.63) is 0 Å². The van der Waals surface area contributed by atoms with Crippen LogP contribution in [0.15, 0.2) is 0 Å². The van der Waals surface area contributed by atoms with Crippen LogP contribution in [0.5, 0.6) is 0 Å². The molecular weight excluding hydrogens is 391 g/mol. The average molecular weight is 399 g/mol. The van der Waals surface area contributed by atoms with Crippen LogP contribution in [0.2, 0.25) is 0 Å². The minimum Gasteiger partial charge on any atom is 0 e. The molecule has 0 aliphatic heterocycles. The van der Waals surface area contributed by atoms with E-state index in [1.54, 1.807) is 0 Å². The van der Waals surface area contributed by atoms with Crippen LogP contribution in [0.4, 0.5) is 0 Å². The van der Waals surface area contributed by atoms with Gasteiger partial charge < -0.3 is 0 Å². The van der Waals surface area contributed by atoms with Crippen LogP contribution in [-0.4, -0.2) is 41.0 Å². The molecule has 6 heavy (non-hydrogen) atoms. The molecule has 0 rings (SSSR count). The fraction of sp³-hybridized carbons (Fsp3) is 0. The maximum atomic E-state index is 0. The van der Waals surface area contributed by atoms with Gasteiger partial charge in [-0.2, -0.15) is 27.0 Å². The van der Waals surface area contributed by atoms with E-state index < -0.39 is 0 Å². The summed E-state index contributed by atoms with van der Waals surface area (Å²) in [6.45, 7) is 0. The van der Waals surface area contributed by atoms with Crippen LogP contribution in [0.25, 0.3) is 0 Å². The number of hydrogen-bond acceptors (Lipinski definition) is 0. The van der Waals surface area contributed by atoms with Crippen molar-refractivity contribution >= 4 is 68.0 Å². The Bertz CT molecular complexity index is 13.5. The first-order valence-electron chi connectivity index (χ1n) is 0. The van der Waals surface area contributed by atoms with Crippen molar-refractivity contribution in [3.8, 4) is 0 Å². The quantitative estimate of drug-likeness (QED) is 0.431. The summed E-state index contributed by atoms with van der Waals surface area (Å²) in [5.41, 5.74) is 0. The van der Waals surface area contributed by atoms with Crippen LogP contribution in [-0.2, 0) is 36.5 Å². The molecule has 0 aliphatic rings. The summed E-state index contributed by atoms with van der Waals surface area (Å²) in [5, 5.41) is 0. The first kappa shape index (κ1) is 61.1. The molecule has 0 heterocycles. The van der Waals surface area contributed by atoms with Gasteiger partial charge in [0.15, 0.2) is 0 Å². The zero-order chi connectivity index (χ0) is 0. The molecule has 0 N–H and O–H groups in total. The minimum absolute atomic E-state index is 0. The molecule has 0 unspecified atom stereocenters. The molecule has 0 aromatic heterocycles. The standard InChI is InChI=1S/Cu.2H2S.H2Se.Sn.Zn.2H/h;3*1H2;;;;. The molecule has 0 fully saturated rings. The maximum Gasteiger partial charge on any atom is 0 e. The zero-order valence-electron chi connectivity index (χ0n) is 3.22. The summed E-state index contributed by atoms with van der Waals surface area (Å²) in [7, 11) is 0. The zero-order valence-corrected chi connectivity index (χ0v) is 15.3. The van der Waals surface area contributed by atoms with Gasteiger partial charge in [0.25, 0.3) is 0 Å². The Hall–Kier alpha value is 3.16. The largest absolute Gasteiger partial charge is 0 e. The molecule has 6 heteroatoms. The van der Waals surface area contributed by atoms with E-state index in [1.807, 2.05) is 0 Å². The van der Waals surface area contributed by atoms with Crippen LogP contribution in [0.3, 0.4) is 0 Å². The monoisotopic (exact) mass is 399 g/mol. The Morgan fingerprint density at radius 3 is 0.833 bits per heavy atom. The maximum absolute atomic E-state index is 0. The van der Waals surface area contributed by atoms with Crippen molar-refractivity contribution in [1.29, 1.82) is 0 Å². The summed E-state index contributed by atoms with van der Waals surface area (Å²) < 4.78 is 0. The van der Waals surface area contributed by atoms with Crippen LogP contribution < -0.4 is 0 Å². The van der Waals surface area contributed by atoms with Gasteiger partial charge in [-0.15, -0.1) is 0 Å². The van der Waals surface area contributed by atoms with Crippen LogP contribution in [0, 0.1) is 0 Å². The predicted molar refractivity (Wildman–Crippen MR) is 37.9 cm³/mol. The summed E-state index contributed by atoms with van der Waals surface area (Å²) in [5.74, 6) is 0. The molecule has 0 saturated heterocycles. The Kier molecular flexibility index (Phi) is 426. The second-order valence-electron chi connectivity index (χ2n) is 0. The molecule has 0 nitrogen and oxygen atoms in total. The number of rotatable bonds is 0. The van der Waals surface area contributed by atoms with E-state index in [0.717, 1.165) is 0 Å². The Balaban J connectivity index is 0. The second kappa shape index (κ2) is 41.9. The van der Waals surface area contributed by atoms with Crippen molar-refractivity contribution in [2.75, 3.05) is 0 Å². The molecule has 0 aromatic carbocycles. The van der Waals surface area contributed by atoms with E-state index >= 15 is 0 Å². The normalized spacial score (nSPS) is 0. The molecule has 0 aromatic rings. The Morgan fingerprint density at radius 1 is 0.833 bits per heavy atom. The van der Waals surface area contributed by atoms with Gasteiger partial charge in [0.05, 0.1) is 0 Å². The molecule has 3 radical (unpaired) electrons. The summed E-state index contributed by atoms with van der Waals surface area (Å²) in [6.07, 6.45) is 0. The van der Waals surface area contributed by atoms with Crippen molar-refractivity contribution in [3.63, 3.8) is 0 Å². The van der Waals surface area contributed by atoms with E-state index in [9.17, 15) is 0 Å². The molecular formula is H8CuS2SeSnZn. The van der Waals surface area contributed by atoms with Gasteiger partial charge in [0.1, 0.15) is 0 Å². The van der Waals surface area contributed by atoms with Crippen molar-refractivity contribution in [1.82, 2.24) is 0 Å². The van der Waals surface area contributed by atoms with Gasteiger partial charge in [0.2, 0.25) is 0 Å². The van der Waals surface area contributed by atoms with Gasteiger partial charge >= 0.3 is 41.0 Å². The van der Waals surface area contributed by atoms with E-state index in [4.69, 9.17) is 0 Å². The summed E-state index contributed by atoms with van der Waals surface area (Å²) in [4.78, 5) is 0. The molecule has 0 atom stereocenters. The fourth-order valence-electron chi connectivity index (χ4n) is 0. The predicted octanol–water partition coefficient (Wildman–Crippen LogP) is -1.61. The minimum atomic E-state index is 0. The second-order valence-corrected chi connectivity index (χ2v) is 0.